The van der Waals surface area contributed by atoms with E-state index in [1.54, 1.807) is 0 Å². The Balaban J connectivity index is 1.63. The molecule has 2 atom stereocenters. The molecule has 8 nitrogen and oxygen atoms in total. The van der Waals surface area contributed by atoms with Gasteiger partial charge >= 0.3 is 6.09 Å². The van der Waals surface area contributed by atoms with Crippen molar-refractivity contribution in [1.29, 1.82) is 0 Å². The summed E-state index contributed by atoms with van der Waals surface area (Å²) in [6.07, 6.45) is -0.131. The SMILES string of the molecule is O=C(C[C@@H](CCc1ccccc1)C(=O)[C@@H]1CNCCN1C(=O)O)NOCc1ccccc1. The number of benzene rings is 2. The smallest absolute Gasteiger partial charge is 0.408 e. The fourth-order valence-electron chi connectivity index (χ4n) is 3.83. The number of rotatable bonds is 10. The van der Waals surface area contributed by atoms with Crippen LogP contribution in [0.5, 0.6) is 0 Å². The van der Waals surface area contributed by atoms with E-state index in [0.29, 0.717) is 19.4 Å². The number of nitrogens with zero attached hydrogens (tertiary/aromatic N) is 1. The van der Waals surface area contributed by atoms with E-state index in [9.17, 15) is 19.5 Å². The number of hydroxylamine groups is 1. The highest BCUT2D eigenvalue weighted by atomic mass is 16.6. The van der Waals surface area contributed by atoms with E-state index in [2.05, 4.69) is 10.8 Å². The molecule has 2 aromatic rings. The molecular weight excluding hydrogens is 410 g/mol. The zero-order valence-corrected chi connectivity index (χ0v) is 17.9. The summed E-state index contributed by atoms with van der Waals surface area (Å²) in [5.74, 6) is -1.27. The Hall–Kier alpha value is -3.23. The van der Waals surface area contributed by atoms with Crippen LogP contribution in [0, 0.1) is 5.92 Å². The monoisotopic (exact) mass is 439 g/mol. The molecule has 0 unspecified atom stereocenters. The van der Waals surface area contributed by atoms with Crippen molar-refractivity contribution in [1.82, 2.24) is 15.7 Å². The maximum Gasteiger partial charge on any atom is 0.408 e. The minimum absolute atomic E-state index is 0.0651. The summed E-state index contributed by atoms with van der Waals surface area (Å²) in [6.45, 7) is 1.20. The van der Waals surface area contributed by atoms with E-state index in [-0.39, 0.29) is 31.9 Å². The van der Waals surface area contributed by atoms with Gasteiger partial charge in [0.2, 0.25) is 5.91 Å². The number of nitrogens with one attached hydrogen (secondary N) is 2. The molecule has 0 spiro atoms. The Morgan fingerprint density at radius 1 is 1.06 bits per heavy atom. The summed E-state index contributed by atoms with van der Waals surface area (Å²) in [6, 6.07) is 18.3. The van der Waals surface area contributed by atoms with Gasteiger partial charge in [0.15, 0.2) is 5.78 Å². The Morgan fingerprint density at radius 2 is 1.72 bits per heavy atom. The molecule has 0 aliphatic carbocycles. The third-order valence-electron chi connectivity index (χ3n) is 5.54. The second-order valence-electron chi connectivity index (χ2n) is 7.82. The van der Waals surface area contributed by atoms with Crippen LogP contribution in [0.25, 0.3) is 0 Å². The zero-order valence-electron chi connectivity index (χ0n) is 17.9. The first-order valence-electron chi connectivity index (χ1n) is 10.8. The minimum atomic E-state index is -1.12. The number of carbonyl (C=O) groups excluding carboxylic acids is 2. The highest BCUT2D eigenvalue weighted by Gasteiger charge is 2.36. The van der Waals surface area contributed by atoms with Gasteiger partial charge < -0.3 is 10.4 Å². The molecular formula is C24H29N3O5. The Labute approximate surface area is 187 Å². The van der Waals surface area contributed by atoms with Crippen molar-refractivity contribution in [2.75, 3.05) is 19.6 Å². The lowest BCUT2D eigenvalue weighted by atomic mass is 9.87. The van der Waals surface area contributed by atoms with Gasteiger partial charge in [0.1, 0.15) is 6.04 Å². The van der Waals surface area contributed by atoms with Crippen LogP contribution in [0.2, 0.25) is 0 Å². The van der Waals surface area contributed by atoms with Gasteiger partial charge in [-0.3, -0.25) is 19.3 Å². The molecule has 0 aromatic heterocycles. The second-order valence-corrected chi connectivity index (χ2v) is 7.82. The molecule has 2 aromatic carbocycles. The molecule has 3 N–H and O–H groups in total. The lowest BCUT2D eigenvalue weighted by Crippen LogP contribution is -2.58. The molecule has 1 fully saturated rings. The van der Waals surface area contributed by atoms with Crippen LogP contribution in [-0.2, 0) is 27.5 Å². The van der Waals surface area contributed by atoms with Gasteiger partial charge in [-0.05, 0) is 24.0 Å². The maximum absolute atomic E-state index is 13.3. The first-order valence-corrected chi connectivity index (χ1v) is 10.8. The molecule has 1 saturated heterocycles. The standard InChI is InChI=1S/C24H29N3O5/c28-22(26-32-17-19-9-5-2-6-10-19)15-20(12-11-18-7-3-1-4-8-18)23(29)21-16-25-13-14-27(21)24(30)31/h1-10,20-21,25H,11-17H2,(H,26,28)(H,30,31)/t20-,21+/m1/s1. The molecule has 0 saturated carbocycles. The molecule has 3 rings (SSSR count). The van der Waals surface area contributed by atoms with Crippen molar-refractivity contribution >= 4 is 17.8 Å². The van der Waals surface area contributed by atoms with Gasteiger partial charge in [-0.2, -0.15) is 0 Å². The van der Waals surface area contributed by atoms with Crippen LogP contribution < -0.4 is 10.8 Å². The molecule has 32 heavy (non-hydrogen) atoms. The summed E-state index contributed by atoms with van der Waals surface area (Å²) in [5.41, 5.74) is 4.39. The highest BCUT2D eigenvalue weighted by molar-refractivity contribution is 5.92. The summed E-state index contributed by atoms with van der Waals surface area (Å²) >= 11 is 0. The Kier molecular flexibility index (Phi) is 8.77. The lowest BCUT2D eigenvalue weighted by molar-refractivity contribution is -0.139. The van der Waals surface area contributed by atoms with Gasteiger partial charge in [0, 0.05) is 32.0 Å². The molecule has 170 valence electrons. The fraction of sp³-hybridized carbons (Fsp3) is 0.375. The highest BCUT2D eigenvalue weighted by Crippen LogP contribution is 2.20. The van der Waals surface area contributed by atoms with Crippen molar-refractivity contribution in [3.05, 3.63) is 71.8 Å². The number of amides is 2. The fourth-order valence-corrected chi connectivity index (χ4v) is 3.83. The predicted octanol–water partition coefficient (Wildman–Crippen LogP) is 2.39. The average Bonchev–Trinajstić information content (AvgIpc) is 2.82. The van der Waals surface area contributed by atoms with E-state index >= 15 is 0 Å². The van der Waals surface area contributed by atoms with Crippen molar-refractivity contribution in [3.8, 4) is 0 Å². The van der Waals surface area contributed by atoms with E-state index in [1.165, 1.54) is 0 Å². The lowest BCUT2D eigenvalue weighted by Gasteiger charge is -2.35. The first kappa shape index (κ1) is 23.4. The average molecular weight is 440 g/mol. The number of ketones is 1. The van der Waals surface area contributed by atoms with Gasteiger partial charge in [0.05, 0.1) is 6.61 Å². The van der Waals surface area contributed by atoms with Gasteiger partial charge in [-0.1, -0.05) is 60.7 Å². The topological polar surface area (TPSA) is 108 Å². The van der Waals surface area contributed by atoms with Gasteiger partial charge in [-0.25, -0.2) is 10.3 Å². The van der Waals surface area contributed by atoms with Gasteiger partial charge in [0.25, 0.3) is 0 Å². The van der Waals surface area contributed by atoms with E-state index < -0.39 is 24.0 Å². The number of carboxylic acid groups (broad SMARTS) is 1. The van der Waals surface area contributed by atoms with Crippen LogP contribution in [0.15, 0.2) is 60.7 Å². The third-order valence-corrected chi connectivity index (χ3v) is 5.54. The minimum Gasteiger partial charge on any atom is -0.465 e. The van der Waals surface area contributed by atoms with Crippen molar-refractivity contribution < 1.29 is 24.3 Å². The summed E-state index contributed by atoms with van der Waals surface area (Å²) < 4.78 is 0. The third kappa shape index (κ3) is 6.90. The van der Waals surface area contributed by atoms with Crippen LogP contribution >= 0.6 is 0 Å². The van der Waals surface area contributed by atoms with Crippen LogP contribution in [0.3, 0.4) is 0 Å². The number of Topliss-reactive ketones (excluding diaryl/α,β-unsaturated/α-hetero) is 1. The molecule has 1 aliphatic rings. The van der Waals surface area contributed by atoms with Crippen LogP contribution in [0.1, 0.15) is 24.0 Å². The number of piperazine rings is 1. The molecule has 0 radical (unpaired) electrons. The maximum atomic E-state index is 13.3. The largest absolute Gasteiger partial charge is 0.465 e. The second kappa shape index (κ2) is 12.0. The normalized spacial score (nSPS) is 16.9. The quantitative estimate of drug-likeness (QED) is 0.491. The van der Waals surface area contributed by atoms with Crippen molar-refractivity contribution in [2.45, 2.75) is 31.9 Å². The van der Waals surface area contributed by atoms with E-state index in [4.69, 9.17) is 4.84 Å². The Bertz CT molecular complexity index is 891. The summed E-state index contributed by atoms with van der Waals surface area (Å²) in [7, 11) is 0. The first-order chi connectivity index (χ1) is 15.5. The summed E-state index contributed by atoms with van der Waals surface area (Å²) in [4.78, 5) is 43.9. The van der Waals surface area contributed by atoms with Crippen molar-refractivity contribution in [2.24, 2.45) is 5.92 Å². The molecule has 1 heterocycles. The van der Waals surface area contributed by atoms with Crippen LogP contribution in [0.4, 0.5) is 4.79 Å². The number of hydrogen-bond donors (Lipinski definition) is 3. The van der Waals surface area contributed by atoms with E-state index in [1.807, 2.05) is 60.7 Å². The summed E-state index contributed by atoms with van der Waals surface area (Å²) in [5, 5.41) is 12.6. The van der Waals surface area contributed by atoms with Crippen LogP contribution in [-0.4, -0.2) is 53.5 Å². The van der Waals surface area contributed by atoms with Crippen molar-refractivity contribution in [3.63, 3.8) is 0 Å². The number of aryl methyl sites for hydroxylation is 1. The molecule has 8 heteroatoms. The Morgan fingerprint density at radius 3 is 2.38 bits per heavy atom. The number of carbonyl (C=O) groups is 3. The zero-order chi connectivity index (χ0) is 22.8. The molecule has 2 amide bonds. The van der Waals surface area contributed by atoms with E-state index in [0.717, 1.165) is 16.0 Å². The molecule has 0 bridgehead atoms. The number of hydrogen-bond acceptors (Lipinski definition) is 5. The predicted molar refractivity (Wildman–Crippen MR) is 119 cm³/mol. The molecule has 1 aliphatic heterocycles. The van der Waals surface area contributed by atoms with Gasteiger partial charge in [-0.15, -0.1) is 0 Å².